The molecule has 0 unspecified atom stereocenters. The fraction of sp³-hybridized carbons (Fsp3) is 0.417. The molecule has 6 heteroatoms. The summed E-state index contributed by atoms with van der Waals surface area (Å²) in [5.41, 5.74) is 2.60. The number of fused-ring (bicyclic) bond motifs is 1. The first-order valence-electron chi connectivity index (χ1n) is 5.95. The van der Waals surface area contributed by atoms with Crippen LogP contribution in [0.3, 0.4) is 0 Å². The van der Waals surface area contributed by atoms with Crippen molar-refractivity contribution in [1.29, 1.82) is 0 Å². The molecule has 1 aromatic heterocycles. The summed E-state index contributed by atoms with van der Waals surface area (Å²) in [6.07, 6.45) is 0. The summed E-state index contributed by atoms with van der Waals surface area (Å²) < 4.78 is 6.59. The minimum atomic E-state index is -0.135. The molecule has 1 saturated heterocycles. The van der Waals surface area contributed by atoms with Crippen molar-refractivity contribution >= 4 is 17.1 Å². The number of benzene rings is 1. The van der Waals surface area contributed by atoms with E-state index in [-0.39, 0.29) is 6.03 Å². The number of aryl methyl sites for hydroxylation is 1. The maximum absolute atomic E-state index is 12.3. The van der Waals surface area contributed by atoms with Crippen molar-refractivity contribution < 1.29 is 9.53 Å². The number of rotatable bonds is 0. The van der Waals surface area contributed by atoms with E-state index in [1.165, 1.54) is 4.68 Å². The smallest absolute Gasteiger partial charge is 0.346 e. The van der Waals surface area contributed by atoms with Gasteiger partial charge in [0.05, 0.1) is 18.7 Å². The Morgan fingerprint density at radius 2 is 2.11 bits per heavy atom. The van der Waals surface area contributed by atoms with E-state index in [1.54, 1.807) is 4.90 Å². The van der Waals surface area contributed by atoms with E-state index in [1.807, 2.05) is 25.1 Å². The maximum Gasteiger partial charge on any atom is 0.346 e. The fourth-order valence-corrected chi connectivity index (χ4v) is 2.06. The van der Waals surface area contributed by atoms with E-state index in [0.29, 0.717) is 26.3 Å². The fourth-order valence-electron chi connectivity index (χ4n) is 2.06. The molecule has 0 radical (unpaired) electrons. The van der Waals surface area contributed by atoms with Gasteiger partial charge in [-0.25, -0.2) is 4.79 Å². The van der Waals surface area contributed by atoms with Crippen LogP contribution in [0.4, 0.5) is 4.79 Å². The van der Waals surface area contributed by atoms with Crippen molar-refractivity contribution in [2.75, 3.05) is 26.3 Å². The minimum absolute atomic E-state index is 0.135. The molecule has 0 N–H and O–H groups in total. The van der Waals surface area contributed by atoms with Gasteiger partial charge in [-0.1, -0.05) is 11.3 Å². The number of carbonyl (C=O) groups is 1. The van der Waals surface area contributed by atoms with Crippen molar-refractivity contribution in [3.05, 3.63) is 23.8 Å². The predicted molar refractivity (Wildman–Crippen MR) is 65.5 cm³/mol. The number of amides is 1. The van der Waals surface area contributed by atoms with Gasteiger partial charge in [-0.3, -0.25) is 0 Å². The molecule has 2 heterocycles. The molecule has 94 valence electrons. The molecule has 3 rings (SSSR count). The van der Waals surface area contributed by atoms with E-state index < -0.39 is 0 Å². The zero-order valence-corrected chi connectivity index (χ0v) is 10.2. The van der Waals surface area contributed by atoms with Crippen LogP contribution in [0.5, 0.6) is 0 Å². The van der Waals surface area contributed by atoms with E-state index in [9.17, 15) is 4.79 Å². The van der Waals surface area contributed by atoms with E-state index in [2.05, 4.69) is 10.3 Å². The van der Waals surface area contributed by atoms with Crippen LogP contribution in [-0.4, -0.2) is 52.2 Å². The zero-order chi connectivity index (χ0) is 12.5. The highest BCUT2D eigenvalue weighted by Crippen LogP contribution is 2.14. The van der Waals surface area contributed by atoms with Crippen LogP contribution in [0, 0.1) is 6.92 Å². The molecule has 0 saturated carbocycles. The average molecular weight is 246 g/mol. The molecule has 1 amide bonds. The molecule has 1 aliphatic heterocycles. The molecular weight excluding hydrogens is 232 g/mol. The monoisotopic (exact) mass is 246 g/mol. The van der Waals surface area contributed by atoms with Crippen molar-refractivity contribution in [3.63, 3.8) is 0 Å². The first-order valence-corrected chi connectivity index (χ1v) is 5.95. The van der Waals surface area contributed by atoms with Crippen LogP contribution >= 0.6 is 0 Å². The summed E-state index contributed by atoms with van der Waals surface area (Å²) in [5.74, 6) is 0. The zero-order valence-electron chi connectivity index (χ0n) is 10.2. The molecule has 0 spiro atoms. The van der Waals surface area contributed by atoms with Gasteiger partial charge in [0.1, 0.15) is 5.52 Å². The van der Waals surface area contributed by atoms with E-state index >= 15 is 0 Å². The number of morpholine rings is 1. The highest BCUT2D eigenvalue weighted by atomic mass is 16.5. The summed E-state index contributed by atoms with van der Waals surface area (Å²) in [5, 5.41) is 7.98. The second-order valence-corrected chi connectivity index (χ2v) is 4.38. The minimum Gasteiger partial charge on any atom is -0.378 e. The van der Waals surface area contributed by atoms with Crippen molar-refractivity contribution in [1.82, 2.24) is 19.9 Å². The molecule has 0 bridgehead atoms. The molecule has 18 heavy (non-hydrogen) atoms. The van der Waals surface area contributed by atoms with Crippen LogP contribution in [0.25, 0.3) is 11.0 Å². The molecule has 6 nitrogen and oxygen atoms in total. The van der Waals surface area contributed by atoms with E-state index in [4.69, 9.17) is 4.74 Å². The normalized spacial score (nSPS) is 16.2. The van der Waals surface area contributed by atoms with Crippen molar-refractivity contribution in [2.45, 2.75) is 6.92 Å². The van der Waals surface area contributed by atoms with Gasteiger partial charge in [-0.05, 0) is 24.6 Å². The van der Waals surface area contributed by atoms with Gasteiger partial charge in [0, 0.05) is 13.1 Å². The summed E-state index contributed by atoms with van der Waals surface area (Å²) in [6, 6.07) is 5.62. The average Bonchev–Trinajstić information content (AvgIpc) is 2.81. The van der Waals surface area contributed by atoms with E-state index in [0.717, 1.165) is 16.6 Å². The van der Waals surface area contributed by atoms with Crippen LogP contribution in [-0.2, 0) is 4.74 Å². The van der Waals surface area contributed by atoms with Gasteiger partial charge in [-0.15, -0.1) is 5.10 Å². The van der Waals surface area contributed by atoms with Gasteiger partial charge in [0.15, 0.2) is 0 Å². The highest BCUT2D eigenvalue weighted by Gasteiger charge is 2.21. The highest BCUT2D eigenvalue weighted by molar-refractivity contribution is 5.88. The Morgan fingerprint density at radius 1 is 1.33 bits per heavy atom. The Morgan fingerprint density at radius 3 is 2.89 bits per heavy atom. The molecule has 0 aliphatic carbocycles. The maximum atomic E-state index is 12.3. The third-order valence-electron chi connectivity index (χ3n) is 3.06. The Kier molecular flexibility index (Phi) is 2.71. The van der Waals surface area contributed by atoms with Gasteiger partial charge in [0.2, 0.25) is 0 Å². The standard InChI is InChI=1S/C12H14N4O2/c1-9-2-3-11-10(8-9)13-14-16(11)12(17)15-4-6-18-7-5-15/h2-3,8H,4-7H2,1H3. The van der Waals surface area contributed by atoms with Crippen LogP contribution in [0.1, 0.15) is 5.56 Å². The number of ether oxygens (including phenoxy) is 1. The number of hydrogen-bond acceptors (Lipinski definition) is 4. The SMILES string of the molecule is Cc1ccc2c(c1)nnn2C(=O)N1CCOCC1. The third-order valence-corrected chi connectivity index (χ3v) is 3.06. The lowest BCUT2D eigenvalue weighted by Crippen LogP contribution is -2.43. The molecule has 1 fully saturated rings. The third kappa shape index (κ3) is 1.84. The molecule has 0 atom stereocenters. The first-order chi connectivity index (χ1) is 8.75. The van der Waals surface area contributed by atoms with Gasteiger partial charge in [-0.2, -0.15) is 4.68 Å². The van der Waals surface area contributed by atoms with Crippen molar-refractivity contribution in [3.8, 4) is 0 Å². The number of carbonyl (C=O) groups excluding carboxylic acids is 1. The van der Waals surface area contributed by atoms with Crippen molar-refractivity contribution in [2.24, 2.45) is 0 Å². The number of aromatic nitrogens is 3. The Bertz CT molecular complexity index is 587. The van der Waals surface area contributed by atoms with Crippen LogP contribution < -0.4 is 0 Å². The van der Waals surface area contributed by atoms with Crippen LogP contribution in [0.15, 0.2) is 18.2 Å². The topological polar surface area (TPSA) is 60.2 Å². The van der Waals surface area contributed by atoms with Gasteiger partial charge >= 0.3 is 6.03 Å². The molecule has 2 aromatic rings. The quantitative estimate of drug-likeness (QED) is 0.697. The van der Waals surface area contributed by atoms with Gasteiger partial charge < -0.3 is 9.64 Å². The lowest BCUT2D eigenvalue weighted by Gasteiger charge is -2.26. The van der Waals surface area contributed by atoms with Crippen LogP contribution in [0.2, 0.25) is 0 Å². The Hall–Kier alpha value is -1.95. The molecule has 1 aromatic carbocycles. The summed E-state index contributed by atoms with van der Waals surface area (Å²) in [4.78, 5) is 14.0. The Labute approximate surface area is 104 Å². The lowest BCUT2D eigenvalue weighted by atomic mass is 10.2. The molecule has 1 aliphatic rings. The summed E-state index contributed by atoms with van der Waals surface area (Å²) in [6.45, 7) is 4.36. The summed E-state index contributed by atoms with van der Waals surface area (Å²) >= 11 is 0. The van der Waals surface area contributed by atoms with Gasteiger partial charge in [0.25, 0.3) is 0 Å². The number of nitrogens with zero attached hydrogens (tertiary/aromatic N) is 4. The molecular formula is C12H14N4O2. The Balaban J connectivity index is 1.96. The largest absolute Gasteiger partial charge is 0.378 e. The first kappa shape index (κ1) is 11.2. The second-order valence-electron chi connectivity index (χ2n) is 4.38. The second kappa shape index (κ2) is 4.38. The predicted octanol–water partition coefficient (Wildman–Crippen LogP) is 1.04. The lowest BCUT2D eigenvalue weighted by molar-refractivity contribution is 0.0530. The summed E-state index contributed by atoms with van der Waals surface area (Å²) in [7, 11) is 0. The number of hydrogen-bond donors (Lipinski definition) is 0.